The molecule has 0 aliphatic rings. The number of rotatable bonds is 8. The van der Waals surface area contributed by atoms with Crippen molar-refractivity contribution >= 4 is 0 Å². The number of nitrogens with one attached hydrogen (secondary N) is 1. The minimum atomic E-state index is -4.30. The van der Waals surface area contributed by atoms with E-state index in [-0.39, 0.29) is 6.04 Å². The highest BCUT2D eigenvalue weighted by atomic mass is 19.4. The predicted molar refractivity (Wildman–Crippen MR) is 72.2 cm³/mol. The summed E-state index contributed by atoms with van der Waals surface area (Å²) in [5.41, 5.74) is 5.44. The molecule has 0 aliphatic carbocycles. The van der Waals surface area contributed by atoms with Crippen LogP contribution in [-0.2, 0) is 17.5 Å². The van der Waals surface area contributed by atoms with Gasteiger partial charge in [0.15, 0.2) is 0 Å². The Labute approximate surface area is 117 Å². The molecule has 0 fully saturated rings. The topological polar surface area (TPSA) is 47.3 Å². The van der Waals surface area contributed by atoms with Gasteiger partial charge >= 0.3 is 6.18 Å². The zero-order valence-corrected chi connectivity index (χ0v) is 11.5. The van der Waals surface area contributed by atoms with E-state index in [4.69, 9.17) is 10.5 Å². The van der Waals surface area contributed by atoms with Crippen LogP contribution in [-0.4, -0.2) is 26.3 Å². The summed E-state index contributed by atoms with van der Waals surface area (Å²) in [6.45, 7) is 1.48. The number of alkyl halides is 3. The Kier molecular flexibility index (Phi) is 6.98. The van der Waals surface area contributed by atoms with Crippen LogP contribution in [0.1, 0.15) is 24.0 Å². The van der Waals surface area contributed by atoms with Gasteiger partial charge in [-0.15, -0.1) is 0 Å². The third-order valence-corrected chi connectivity index (χ3v) is 2.97. The first-order valence-corrected chi connectivity index (χ1v) is 6.56. The molecule has 1 unspecified atom stereocenters. The van der Waals surface area contributed by atoms with Crippen LogP contribution in [0.2, 0.25) is 0 Å². The number of halogens is 3. The second-order valence-electron chi connectivity index (χ2n) is 4.66. The van der Waals surface area contributed by atoms with Gasteiger partial charge in [0.1, 0.15) is 0 Å². The Morgan fingerprint density at radius 2 is 2.10 bits per heavy atom. The summed E-state index contributed by atoms with van der Waals surface area (Å²) >= 11 is 0. The van der Waals surface area contributed by atoms with E-state index in [0.29, 0.717) is 25.3 Å². The molecule has 114 valence electrons. The molecule has 0 saturated carbocycles. The van der Waals surface area contributed by atoms with E-state index < -0.39 is 11.7 Å². The number of hydrogen-bond acceptors (Lipinski definition) is 3. The summed E-state index contributed by atoms with van der Waals surface area (Å²) in [5, 5.41) is 3.20. The van der Waals surface area contributed by atoms with Crippen LogP contribution >= 0.6 is 0 Å². The summed E-state index contributed by atoms with van der Waals surface area (Å²) in [4.78, 5) is 0. The van der Waals surface area contributed by atoms with E-state index in [2.05, 4.69) is 5.32 Å². The van der Waals surface area contributed by atoms with Gasteiger partial charge < -0.3 is 15.8 Å². The van der Waals surface area contributed by atoms with Gasteiger partial charge in [-0.05, 0) is 31.0 Å². The van der Waals surface area contributed by atoms with Crippen molar-refractivity contribution in [3.05, 3.63) is 35.4 Å². The SMILES string of the molecule is COCC(CCCN)NCc1cccc(C(F)(F)F)c1. The summed E-state index contributed by atoms with van der Waals surface area (Å²) in [6.07, 6.45) is -2.62. The lowest BCUT2D eigenvalue weighted by molar-refractivity contribution is -0.137. The highest BCUT2D eigenvalue weighted by Crippen LogP contribution is 2.29. The van der Waals surface area contributed by atoms with Crippen LogP contribution in [0.4, 0.5) is 13.2 Å². The van der Waals surface area contributed by atoms with E-state index in [1.165, 1.54) is 12.1 Å². The van der Waals surface area contributed by atoms with Crippen molar-refractivity contribution in [1.82, 2.24) is 5.32 Å². The van der Waals surface area contributed by atoms with Gasteiger partial charge in [0, 0.05) is 19.7 Å². The molecule has 1 atom stereocenters. The monoisotopic (exact) mass is 290 g/mol. The highest BCUT2D eigenvalue weighted by Gasteiger charge is 2.30. The molecule has 0 heterocycles. The van der Waals surface area contributed by atoms with Crippen LogP contribution < -0.4 is 11.1 Å². The molecular formula is C14H21F3N2O. The predicted octanol–water partition coefficient (Wildman–Crippen LogP) is 2.55. The van der Waals surface area contributed by atoms with Gasteiger partial charge in [-0.2, -0.15) is 13.2 Å². The summed E-state index contributed by atoms with van der Waals surface area (Å²) in [5.74, 6) is 0. The average molecular weight is 290 g/mol. The molecule has 0 aliphatic heterocycles. The molecule has 0 aromatic heterocycles. The first kappa shape index (κ1) is 16.9. The van der Waals surface area contributed by atoms with Crippen LogP contribution in [0, 0.1) is 0 Å². The molecule has 1 rings (SSSR count). The number of hydrogen-bond donors (Lipinski definition) is 2. The highest BCUT2D eigenvalue weighted by molar-refractivity contribution is 5.25. The maximum absolute atomic E-state index is 12.6. The third-order valence-electron chi connectivity index (χ3n) is 2.97. The van der Waals surface area contributed by atoms with Gasteiger partial charge in [-0.3, -0.25) is 0 Å². The summed E-state index contributed by atoms with van der Waals surface area (Å²) < 4.78 is 42.9. The molecule has 6 heteroatoms. The van der Waals surface area contributed by atoms with Crippen LogP contribution in [0.3, 0.4) is 0 Å². The van der Waals surface area contributed by atoms with Crippen molar-refractivity contribution < 1.29 is 17.9 Å². The van der Waals surface area contributed by atoms with Crippen molar-refractivity contribution in [1.29, 1.82) is 0 Å². The van der Waals surface area contributed by atoms with E-state index in [0.717, 1.165) is 18.9 Å². The Balaban J connectivity index is 2.58. The Hall–Kier alpha value is -1.11. The average Bonchev–Trinajstić information content (AvgIpc) is 2.41. The zero-order valence-electron chi connectivity index (χ0n) is 11.5. The fourth-order valence-electron chi connectivity index (χ4n) is 1.93. The molecular weight excluding hydrogens is 269 g/mol. The van der Waals surface area contributed by atoms with Gasteiger partial charge in [0.25, 0.3) is 0 Å². The quantitative estimate of drug-likeness (QED) is 0.773. The Morgan fingerprint density at radius 3 is 2.70 bits per heavy atom. The summed E-state index contributed by atoms with van der Waals surface area (Å²) in [6, 6.07) is 5.43. The smallest absolute Gasteiger partial charge is 0.383 e. The van der Waals surface area contributed by atoms with Crippen LogP contribution in [0.25, 0.3) is 0 Å². The van der Waals surface area contributed by atoms with Gasteiger partial charge in [0.05, 0.1) is 12.2 Å². The second kappa shape index (κ2) is 8.24. The Bertz CT molecular complexity index is 396. The second-order valence-corrected chi connectivity index (χ2v) is 4.66. The molecule has 3 nitrogen and oxygen atoms in total. The van der Waals surface area contributed by atoms with Crippen molar-refractivity contribution in [2.75, 3.05) is 20.3 Å². The number of nitrogens with two attached hydrogens (primary N) is 1. The maximum atomic E-state index is 12.6. The normalized spacial score (nSPS) is 13.4. The van der Waals surface area contributed by atoms with E-state index >= 15 is 0 Å². The molecule has 1 aromatic carbocycles. The maximum Gasteiger partial charge on any atom is 0.416 e. The first-order chi connectivity index (χ1) is 9.47. The van der Waals surface area contributed by atoms with E-state index in [1.807, 2.05) is 0 Å². The van der Waals surface area contributed by atoms with Crippen LogP contribution in [0.5, 0.6) is 0 Å². The summed E-state index contributed by atoms with van der Waals surface area (Å²) in [7, 11) is 1.60. The minimum absolute atomic E-state index is 0.0955. The molecule has 1 aromatic rings. The van der Waals surface area contributed by atoms with E-state index in [9.17, 15) is 13.2 Å². The van der Waals surface area contributed by atoms with Crippen molar-refractivity contribution in [2.45, 2.75) is 31.6 Å². The molecule has 3 N–H and O–H groups in total. The fraction of sp³-hybridized carbons (Fsp3) is 0.571. The fourth-order valence-corrected chi connectivity index (χ4v) is 1.93. The molecule has 0 bridgehead atoms. The van der Waals surface area contributed by atoms with Crippen molar-refractivity contribution in [3.63, 3.8) is 0 Å². The van der Waals surface area contributed by atoms with E-state index in [1.54, 1.807) is 13.2 Å². The van der Waals surface area contributed by atoms with Crippen molar-refractivity contribution in [3.8, 4) is 0 Å². The number of benzene rings is 1. The largest absolute Gasteiger partial charge is 0.416 e. The zero-order chi connectivity index (χ0) is 15.0. The lowest BCUT2D eigenvalue weighted by Crippen LogP contribution is -2.33. The Morgan fingerprint density at radius 1 is 1.35 bits per heavy atom. The molecule has 20 heavy (non-hydrogen) atoms. The third kappa shape index (κ3) is 5.90. The van der Waals surface area contributed by atoms with Gasteiger partial charge in [-0.25, -0.2) is 0 Å². The standard InChI is InChI=1S/C14H21F3N2O/c1-20-10-13(6-3-7-18)19-9-11-4-2-5-12(8-11)14(15,16)17/h2,4-5,8,13,19H,3,6-7,9-10,18H2,1H3. The number of methoxy groups -OCH3 is 1. The lowest BCUT2D eigenvalue weighted by Gasteiger charge is -2.18. The van der Waals surface area contributed by atoms with Gasteiger partial charge in [-0.1, -0.05) is 18.2 Å². The molecule has 0 spiro atoms. The minimum Gasteiger partial charge on any atom is -0.383 e. The molecule has 0 radical (unpaired) electrons. The van der Waals surface area contributed by atoms with Crippen molar-refractivity contribution in [2.24, 2.45) is 5.73 Å². The molecule has 0 amide bonds. The number of ether oxygens (including phenoxy) is 1. The van der Waals surface area contributed by atoms with Gasteiger partial charge in [0.2, 0.25) is 0 Å². The lowest BCUT2D eigenvalue weighted by atomic mass is 10.1. The molecule has 0 saturated heterocycles. The van der Waals surface area contributed by atoms with Crippen LogP contribution in [0.15, 0.2) is 24.3 Å². The first-order valence-electron chi connectivity index (χ1n) is 6.56.